The van der Waals surface area contributed by atoms with E-state index in [2.05, 4.69) is 10.6 Å². The second kappa shape index (κ2) is 11.9. The normalized spacial score (nSPS) is 14.8. The van der Waals surface area contributed by atoms with Gasteiger partial charge >= 0.3 is 11.9 Å². The Balaban J connectivity index is 1.61. The fourth-order valence-electron chi connectivity index (χ4n) is 4.88. The lowest BCUT2D eigenvalue weighted by atomic mass is 9.87. The number of nitrogens with one attached hydrogen (secondary N) is 2. The van der Waals surface area contributed by atoms with E-state index in [1.54, 1.807) is 25.3 Å². The summed E-state index contributed by atoms with van der Waals surface area (Å²) < 4.78 is 6.93. The zero-order valence-electron chi connectivity index (χ0n) is 21.3. The van der Waals surface area contributed by atoms with Crippen LogP contribution in [0.25, 0.3) is 5.65 Å². The van der Waals surface area contributed by atoms with E-state index >= 15 is 0 Å². The zero-order chi connectivity index (χ0) is 26.4. The first-order valence-corrected chi connectivity index (χ1v) is 12.9. The molecule has 1 atom stereocenters. The van der Waals surface area contributed by atoms with E-state index in [4.69, 9.17) is 9.72 Å². The van der Waals surface area contributed by atoms with Crippen molar-refractivity contribution in [2.75, 3.05) is 18.5 Å². The molecule has 1 aliphatic carbocycles. The highest BCUT2D eigenvalue weighted by Gasteiger charge is 2.25. The number of amides is 1. The van der Waals surface area contributed by atoms with Gasteiger partial charge in [-0.05, 0) is 44.4 Å². The molecule has 1 aliphatic rings. The molecular weight excluding hydrogens is 472 g/mol. The number of carboxylic acid groups (broad SMARTS) is 1. The molecule has 4 rings (SSSR count). The third kappa shape index (κ3) is 6.47. The summed E-state index contributed by atoms with van der Waals surface area (Å²) in [7, 11) is 0. The molecular formula is C28H34N4O5. The van der Waals surface area contributed by atoms with Crippen LogP contribution in [0.3, 0.4) is 0 Å². The predicted molar refractivity (Wildman–Crippen MR) is 140 cm³/mol. The number of aryl methyl sites for hydroxylation is 1. The molecule has 0 spiro atoms. The van der Waals surface area contributed by atoms with Gasteiger partial charge in [0.2, 0.25) is 0 Å². The quantitative estimate of drug-likeness (QED) is 0.343. The standard InChI is InChI=1S/C28H34N4O5/c1-3-37-25(35)17-29-27-26(20-7-5-4-6-8-20)31-23-15-21(13-14-32(23)27)28(36)30-22(16-24(33)34)19-11-9-18(2)10-12-19/h9-15,20,22,29H,3-8,16-17H2,1-2H3,(H,30,36)(H,33,34). The Morgan fingerprint density at radius 1 is 1.14 bits per heavy atom. The summed E-state index contributed by atoms with van der Waals surface area (Å²) in [5.41, 5.74) is 3.64. The molecule has 196 valence electrons. The van der Waals surface area contributed by atoms with Crippen molar-refractivity contribution in [3.63, 3.8) is 0 Å². The first-order valence-electron chi connectivity index (χ1n) is 12.9. The summed E-state index contributed by atoms with van der Waals surface area (Å²) in [4.78, 5) is 41.5. The van der Waals surface area contributed by atoms with Crippen LogP contribution in [0.1, 0.15) is 84.6 Å². The lowest BCUT2D eigenvalue weighted by Crippen LogP contribution is -2.30. The van der Waals surface area contributed by atoms with Crippen molar-refractivity contribution in [3.8, 4) is 0 Å². The molecule has 1 saturated carbocycles. The summed E-state index contributed by atoms with van der Waals surface area (Å²) in [5, 5.41) is 15.5. The summed E-state index contributed by atoms with van der Waals surface area (Å²) in [5.74, 6) is -0.701. The van der Waals surface area contributed by atoms with E-state index in [1.807, 2.05) is 35.6 Å². The van der Waals surface area contributed by atoms with Crippen molar-refractivity contribution in [1.29, 1.82) is 0 Å². The summed E-state index contributed by atoms with van der Waals surface area (Å²) in [6.45, 7) is 4.06. The van der Waals surface area contributed by atoms with Crippen molar-refractivity contribution in [2.24, 2.45) is 0 Å². The molecule has 0 aliphatic heterocycles. The highest BCUT2D eigenvalue weighted by atomic mass is 16.5. The molecule has 2 heterocycles. The van der Waals surface area contributed by atoms with Crippen LogP contribution in [0.15, 0.2) is 42.6 Å². The fraction of sp³-hybridized carbons (Fsp3) is 0.429. The molecule has 3 N–H and O–H groups in total. The number of anilines is 1. The van der Waals surface area contributed by atoms with Crippen LogP contribution < -0.4 is 10.6 Å². The van der Waals surface area contributed by atoms with Crippen LogP contribution in [0.2, 0.25) is 0 Å². The number of hydrogen-bond donors (Lipinski definition) is 3. The maximum absolute atomic E-state index is 13.2. The number of aliphatic carboxylic acids is 1. The van der Waals surface area contributed by atoms with E-state index in [1.165, 1.54) is 6.42 Å². The van der Waals surface area contributed by atoms with Gasteiger partial charge < -0.3 is 20.5 Å². The van der Waals surface area contributed by atoms with Crippen LogP contribution in [0, 0.1) is 6.92 Å². The molecule has 1 amide bonds. The Bertz CT molecular complexity index is 1260. The molecule has 3 aromatic rings. The monoisotopic (exact) mass is 506 g/mol. The van der Waals surface area contributed by atoms with Crippen molar-refractivity contribution >= 4 is 29.3 Å². The number of carbonyl (C=O) groups is 3. The maximum atomic E-state index is 13.2. The highest BCUT2D eigenvalue weighted by molar-refractivity contribution is 5.95. The molecule has 9 heteroatoms. The Morgan fingerprint density at radius 3 is 2.54 bits per heavy atom. The topological polar surface area (TPSA) is 122 Å². The second-order valence-electron chi connectivity index (χ2n) is 9.52. The molecule has 9 nitrogen and oxygen atoms in total. The van der Waals surface area contributed by atoms with Gasteiger partial charge in [-0.2, -0.15) is 0 Å². The van der Waals surface area contributed by atoms with Crippen LogP contribution >= 0.6 is 0 Å². The van der Waals surface area contributed by atoms with Crippen LogP contribution in [0.4, 0.5) is 5.82 Å². The van der Waals surface area contributed by atoms with E-state index in [0.29, 0.717) is 17.8 Å². The van der Waals surface area contributed by atoms with Crippen LogP contribution in [0.5, 0.6) is 0 Å². The number of imidazole rings is 1. The smallest absolute Gasteiger partial charge is 0.325 e. The molecule has 2 aromatic heterocycles. The van der Waals surface area contributed by atoms with Gasteiger partial charge in [0, 0.05) is 17.7 Å². The third-order valence-corrected chi connectivity index (χ3v) is 6.78. The second-order valence-corrected chi connectivity index (χ2v) is 9.52. The van der Waals surface area contributed by atoms with Gasteiger partial charge in [-0.1, -0.05) is 49.1 Å². The number of fused-ring (bicyclic) bond motifs is 1. The number of hydrogen-bond acceptors (Lipinski definition) is 6. The lowest BCUT2D eigenvalue weighted by Gasteiger charge is -2.21. The van der Waals surface area contributed by atoms with Gasteiger partial charge in [0.1, 0.15) is 18.0 Å². The molecule has 0 saturated heterocycles. The maximum Gasteiger partial charge on any atom is 0.325 e. The average Bonchev–Trinajstić information content (AvgIpc) is 3.25. The van der Waals surface area contributed by atoms with Gasteiger partial charge in [-0.15, -0.1) is 0 Å². The lowest BCUT2D eigenvalue weighted by molar-refractivity contribution is -0.141. The Kier molecular flexibility index (Phi) is 8.43. The fourth-order valence-corrected chi connectivity index (χ4v) is 4.88. The Labute approximate surface area is 216 Å². The van der Waals surface area contributed by atoms with Gasteiger partial charge in [0.15, 0.2) is 0 Å². The number of aromatic nitrogens is 2. The number of pyridine rings is 1. The number of nitrogens with zero attached hydrogens (tertiary/aromatic N) is 2. The number of carbonyl (C=O) groups excluding carboxylic acids is 2. The average molecular weight is 507 g/mol. The van der Waals surface area contributed by atoms with E-state index in [9.17, 15) is 19.5 Å². The minimum absolute atomic E-state index is 0.0248. The number of rotatable bonds is 10. The Hall–Kier alpha value is -3.88. The first-order chi connectivity index (χ1) is 17.9. The number of carboxylic acids is 1. The SMILES string of the molecule is CCOC(=O)CNc1c(C2CCCCC2)nc2cc(C(=O)NC(CC(=O)O)c3ccc(C)cc3)ccn12. The van der Waals surface area contributed by atoms with E-state index in [-0.39, 0.29) is 30.8 Å². The van der Waals surface area contributed by atoms with E-state index < -0.39 is 12.0 Å². The zero-order valence-corrected chi connectivity index (χ0v) is 21.3. The minimum atomic E-state index is -0.996. The molecule has 1 aromatic carbocycles. The first kappa shape index (κ1) is 26.2. The van der Waals surface area contributed by atoms with Gasteiger partial charge in [-0.3, -0.25) is 18.8 Å². The number of ether oxygens (including phenoxy) is 1. The molecule has 0 bridgehead atoms. The highest BCUT2D eigenvalue weighted by Crippen LogP contribution is 2.36. The molecule has 1 unspecified atom stereocenters. The van der Waals surface area contributed by atoms with E-state index in [0.717, 1.165) is 48.3 Å². The molecule has 37 heavy (non-hydrogen) atoms. The largest absolute Gasteiger partial charge is 0.481 e. The van der Waals surface area contributed by atoms with Gasteiger partial charge in [0.05, 0.1) is 24.8 Å². The summed E-state index contributed by atoms with van der Waals surface area (Å²) in [6.07, 6.45) is 7.06. The van der Waals surface area contributed by atoms with Crippen LogP contribution in [-0.4, -0.2) is 45.5 Å². The van der Waals surface area contributed by atoms with Crippen LogP contribution in [-0.2, 0) is 14.3 Å². The van der Waals surface area contributed by atoms with Gasteiger partial charge in [-0.25, -0.2) is 4.98 Å². The minimum Gasteiger partial charge on any atom is -0.481 e. The van der Waals surface area contributed by atoms with Gasteiger partial charge in [0.25, 0.3) is 5.91 Å². The molecule has 1 fully saturated rings. The summed E-state index contributed by atoms with van der Waals surface area (Å²) >= 11 is 0. The number of benzene rings is 1. The predicted octanol–water partition coefficient (Wildman–Crippen LogP) is 4.61. The van der Waals surface area contributed by atoms with Crippen molar-refractivity contribution in [3.05, 3.63) is 65.0 Å². The van der Waals surface area contributed by atoms with Crippen molar-refractivity contribution in [1.82, 2.24) is 14.7 Å². The molecule has 0 radical (unpaired) electrons. The third-order valence-electron chi connectivity index (χ3n) is 6.78. The van der Waals surface area contributed by atoms with Crippen molar-refractivity contribution < 1.29 is 24.2 Å². The Morgan fingerprint density at radius 2 is 1.86 bits per heavy atom. The number of esters is 1. The van der Waals surface area contributed by atoms with Crippen molar-refractivity contribution in [2.45, 2.75) is 64.3 Å². The summed E-state index contributed by atoms with van der Waals surface area (Å²) in [6, 6.07) is 10.2.